The van der Waals surface area contributed by atoms with E-state index in [4.69, 9.17) is 9.47 Å². The van der Waals surface area contributed by atoms with Gasteiger partial charge in [0.05, 0.1) is 19.8 Å². The van der Waals surface area contributed by atoms with Crippen LogP contribution in [-0.4, -0.2) is 37.8 Å². The van der Waals surface area contributed by atoms with Crippen LogP contribution in [0.2, 0.25) is 0 Å². The van der Waals surface area contributed by atoms with Gasteiger partial charge in [-0.2, -0.15) is 0 Å². The Morgan fingerprint density at radius 1 is 0.864 bits per heavy atom. The summed E-state index contributed by atoms with van der Waals surface area (Å²) in [6, 6.07) is 17.5. The van der Waals surface area contributed by atoms with Crippen LogP contribution in [0.15, 0.2) is 48.5 Å². The minimum absolute atomic E-state index is 0.455. The summed E-state index contributed by atoms with van der Waals surface area (Å²) in [4.78, 5) is 2.54. The number of hydrogen-bond acceptors (Lipinski definition) is 3. The van der Waals surface area contributed by atoms with E-state index < -0.39 is 0 Å². The smallest absolute Gasteiger partial charge is 0.131 e. The average molecular weight is 295 g/mol. The second-order valence-electron chi connectivity index (χ2n) is 5.89. The SMILES string of the molecule is c1ccc(-c2cccc3c2OCCC3N2CCOCC2)cc1. The summed E-state index contributed by atoms with van der Waals surface area (Å²) in [5.41, 5.74) is 3.76. The molecule has 3 heteroatoms. The van der Waals surface area contributed by atoms with Gasteiger partial charge in [-0.25, -0.2) is 0 Å². The molecule has 0 saturated carbocycles. The summed E-state index contributed by atoms with van der Waals surface area (Å²) >= 11 is 0. The lowest BCUT2D eigenvalue weighted by atomic mass is 9.93. The Balaban J connectivity index is 1.73. The van der Waals surface area contributed by atoms with Gasteiger partial charge in [-0.05, 0) is 5.56 Å². The molecule has 2 aromatic rings. The third kappa shape index (κ3) is 2.51. The second kappa shape index (κ2) is 6.11. The molecule has 0 aliphatic carbocycles. The number of benzene rings is 2. The number of fused-ring (bicyclic) bond motifs is 1. The van der Waals surface area contributed by atoms with Crippen LogP contribution >= 0.6 is 0 Å². The van der Waals surface area contributed by atoms with Gasteiger partial charge < -0.3 is 9.47 Å². The van der Waals surface area contributed by atoms with E-state index >= 15 is 0 Å². The Labute approximate surface area is 131 Å². The Hall–Kier alpha value is -1.84. The van der Waals surface area contributed by atoms with Crippen LogP contribution in [0.25, 0.3) is 11.1 Å². The number of morpholine rings is 1. The van der Waals surface area contributed by atoms with Gasteiger partial charge in [-0.15, -0.1) is 0 Å². The normalized spacial score (nSPS) is 21.9. The maximum atomic E-state index is 6.07. The van der Waals surface area contributed by atoms with Crippen molar-refractivity contribution in [2.24, 2.45) is 0 Å². The molecule has 114 valence electrons. The van der Waals surface area contributed by atoms with Gasteiger partial charge in [-0.3, -0.25) is 4.90 Å². The molecule has 2 aliphatic rings. The van der Waals surface area contributed by atoms with E-state index in [0.717, 1.165) is 45.1 Å². The van der Waals surface area contributed by atoms with E-state index in [2.05, 4.69) is 53.4 Å². The van der Waals surface area contributed by atoms with Crippen LogP contribution in [0.3, 0.4) is 0 Å². The van der Waals surface area contributed by atoms with Gasteiger partial charge in [0.2, 0.25) is 0 Å². The third-order valence-electron chi connectivity index (χ3n) is 4.61. The zero-order chi connectivity index (χ0) is 14.8. The van der Waals surface area contributed by atoms with Crippen LogP contribution < -0.4 is 4.74 Å². The number of nitrogens with zero attached hydrogens (tertiary/aromatic N) is 1. The molecule has 3 nitrogen and oxygen atoms in total. The first kappa shape index (κ1) is 13.8. The fourth-order valence-corrected chi connectivity index (χ4v) is 3.52. The van der Waals surface area contributed by atoms with Crippen molar-refractivity contribution in [3.63, 3.8) is 0 Å². The molecule has 22 heavy (non-hydrogen) atoms. The maximum absolute atomic E-state index is 6.07. The van der Waals surface area contributed by atoms with Gasteiger partial charge in [0, 0.05) is 36.7 Å². The predicted octanol–water partition coefficient (Wildman–Crippen LogP) is 3.51. The lowest BCUT2D eigenvalue weighted by molar-refractivity contribution is 0.00715. The molecular formula is C19H21NO2. The Morgan fingerprint density at radius 3 is 2.50 bits per heavy atom. The van der Waals surface area contributed by atoms with Crippen LogP contribution in [0.1, 0.15) is 18.0 Å². The molecule has 1 fully saturated rings. The Bertz CT molecular complexity index is 635. The molecule has 2 heterocycles. The van der Waals surface area contributed by atoms with Crippen LogP contribution in [0.4, 0.5) is 0 Å². The lowest BCUT2D eigenvalue weighted by Gasteiger charge is -2.38. The van der Waals surface area contributed by atoms with Gasteiger partial charge in [0.1, 0.15) is 5.75 Å². The first-order chi connectivity index (χ1) is 10.9. The highest BCUT2D eigenvalue weighted by Crippen LogP contribution is 2.42. The van der Waals surface area contributed by atoms with E-state index in [-0.39, 0.29) is 0 Å². The number of para-hydroxylation sites is 1. The molecule has 2 aromatic carbocycles. The highest BCUT2D eigenvalue weighted by molar-refractivity contribution is 5.72. The first-order valence-corrected chi connectivity index (χ1v) is 8.06. The fourth-order valence-electron chi connectivity index (χ4n) is 3.52. The molecule has 0 N–H and O–H groups in total. The van der Waals surface area contributed by atoms with Crippen molar-refractivity contribution in [1.29, 1.82) is 0 Å². The summed E-state index contributed by atoms with van der Waals surface area (Å²) in [6.45, 7) is 4.49. The summed E-state index contributed by atoms with van der Waals surface area (Å²) in [5, 5.41) is 0. The quantitative estimate of drug-likeness (QED) is 0.846. The monoisotopic (exact) mass is 295 g/mol. The van der Waals surface area contributed by atoms with Crippen molar-refractivity contribution in [3.05, 3.63) is 54.1 Å². The molecular weight excluding hydrogens is 274 g/mol. The molecule has 4 rings (SSSR count). The van der Waals surface area contributed by atoms with Crippen molar-refractivity contribution in [1.82, 2.24) is 4.90 Å². The highest BCUT2D eigenvalue weighted by Gasteiger charge is 2.29. The van der Waals surface area contributed by atoms with Crippen molar-refractivity contribution in [3.8, 4) is 16.9 Å². The first-order valence-electron chi connectivity index (χ1n) is 8.06. The molecule has 1 atom stereocenters. The standard InChI is InChI=1S/C19H21NO2/c1-2-5-15(6-3-1)16-7-4-8-17-18(9-12-22-19(16)17)20-10-13-21-14-11-20/h1-8,18H,9-14H2. The van der Waals surface area contributed by atoms with Crippen LogP contribution in [-0.2, 0) is 4.74 Å². The molecule has 0 aromatic heterocycles. The Morgan fingerprint density at radius 2 is 1.68 bits per heavy atom. The highest BCUT2D eigenvalue weighted by atomic mass is 16.5. The van der Waals surface area contributed by atoms with Gasteiger partial charge in [-0.1, -0.05) is 48.5 Å². The van der Waals surface area contributed by atoms with Crippen LogP contribution in [0.5, 0.6) is 5.75 Å². The molecule has 0 radical (unpaired) electrons. The zero-order valence-corrected chi connectivity index (χ0v) is 12.7. The van der Waals surface area contributed by atoms with Gasteiger partial charge in [0.15, 0.2) is 0 Å². The summed E-state index contributed by atoms with van der Waals surface area (Å²) < 4.78 is 11.6. The largest absolute Gasteiger partial charge is 0.493 e. The number of hydrogen-bond donors (Lipinski definition) is 0. The Kier molecular flexibility index (Phi) is 3.83. The summed E-state index contributed by atoms with van der Waals surface area (Å²) in [5.74, 6) is 1.07. The average Bonchev–Trinajstić information content (AvgIpc) is 2.62. The topological polar surface area (TPSA) is 21.7 Å². The van der Waals surface area contributed by atoms with E-state index in [9.17, 15) is 0 Å². The molecule has 0 amide bonds. The van der Waals surface area contributed by atoms with Gasteiger partial charge in [0.25, 0.3) is 0 Å². The molecule has 2 aliphatic heterocycles. The minimum Gasteiger partial charge on any atom is -0.493 e. The molecule has 1 saturated heterocycles. The molecule has 0 spiro atoms. The van der Waals surface area contributed by atoms with Crippen molar-refractivity contribution < 1.29 is 9.47 Å². The third-order valence-corrected chi connectivity index (χ3v) is 4.61. The fraction of sp³-hybridized carbons (Fsp3) is 0.368. The van der Waals surface area contributed by atoms with E-state index in [0.29, 0.717) is 6.04 Å². The van der Waals surface area contributed by atoms with E-state index in [1.54, 1.807) is 0 Å². The number of ether oxygens (including phenoxy) is 2. The van der Waals surface area contributed by atoms with Crippen molar-refractivity contribution in [2.45, 2.75) is 12.5 Å². The zero-order valence-electron chi connectivity index (χ0n) is 12.7. The molecule has 0 bridgehead atoms. The van der Waals surface area contributed by atoms with E-state index in [1.165, 1.54) is 16.7 Å². The summed E-state index contributed by atoms with van der Waals surface area (Å²) in [7, 11) is 0. The summed E-state index contributed by atoms with van der Waals surface area (Å²) in [6.07, 6.45) is 1.06. The molecule has 1 unspecified atom stereocenters. The predicted molar refractivity (Wildman–Crippen MR) is 87.1 cm³/mol. The van der Waals surface area contributed by atoms with Gasteiger partial charge >= 0.3 is 0 Å². The maximum Gasteiger partial charge on any atom is 0.131 e. The minimum atomic E-state index is 0.455. The van der Waals surface area contributed by atoms with Crippen LogP contribution in [0, 0.1) is 0 Å². The van der Waals surface area contributed by atoms with E-state index in [1.807, 2.05) is 0 Å². The van der Waals surface area contributed by atoms with Crippen molar-refractivity contribution >= 4 is 0 Å². The number of rotatable bonds is 2. The lowest BCUT2D eigenvalue weighted by Crippen LogP contribution is -2.40. The van der Waals surface area contributed by atoms with Crippen molar-refractivity contribution in [2.75, 3.05) is 32.9 Å². The second-order valence-corrected chi connectivity index (χ2v) is 5.89.